The zero-order valence-corrected chi connectivity index (χ0v) is 12.9. The number of hydrogen-bond acceptors (Lipinski definition) is 2. The number of rotatable bonds is 7. The van der Waals surface area contributed by atoms with Gasteiger partial charge in [0, 0.05) is 6.54 Å². The van der Waals surface area contributed by atoms with E-state index in [4.69, 9.17) is 0 Å². The second kappa shape index (κ2) is 8.16. The van der Waals surface area contributed by atoms with Crippen LogP contribution in [0.4, 0.5) is 0 Å². The normalized spacial score (nSPS) is 29.2. The molecular formula is C16H33NO. The first-order valence-corrected chi connectivity index (χ1v) is 7.98. The van der Waals surface area contributed by atoms with Gasteiger partial charge in [0.2, 0.25) is 0 Å². The summed E-state index contributed by atoms with van der Waals surface area (Å²) < 4.78 is 0. The van der Waals surface area contributed by atoms with Crippen LogP contribution in [0.5, 0.6) is 0 Å². The summed E-state index contributed by atoms with van der Waals surface area (Å²) in [4.78, 5) is 2.55. The van der Waals surface area contributed by atoms with Crippen molar-refractivity contribution >= 4 is 0 Å². The molecule has 0 spiro atoms. The van der Waals surface area contributed by atoms with E-state index in [1.807, 2.05) is 0 Å². The van der Waals surface area contributed by atoms with E-state index in [0.29, 0.717) is 5.92 Å². The van der Waals surface area contributed by atoms with Crippen molar-refractivity contribution in [3.05, 3.63) is 0 Å². The third kappa shape index (κ3) is 4.89. The number of nitrogens with zero attached hydrogens (tertiary/aromatic N) is 1. The fourth-order valence-electron chi connectivity index (χ4n) is 3.34. The highest BCUT2D eigenvalue weighted by Gasteiger charge is 2.31. The van der Waals surface area contributed by atoms with E-state index >= 15 is 0 Å². The molecule has 0 saturated heterocycles. The smallest absolute Gasteiger partial charge is 0.0580 e. The van der Waals surface area contributed by atoms with Crippen LogP contribution in [-0.2, 0) is 0 Å². The van der Waals surface area contributed by atoms with E-state index in [1.165, 1.54) is 38.8 Å². The van der Waals surface area contributed by atoms with Crippen molar-refractivity contribution in [3.8, 4) is 0 Å². The summed E-state index contributed by atoms with van der Waals surface area (Å²) in [5.74, 6) is 2.10. The van der Waals surface area contributed by atoms with Gasteiger partial charge in [-0.15, -0.1) is 0 Å². The molecule has 2 heteroatoms. The molecule has 108 valence electrons. The second-order valence-corrected chi connectivity index (χ2v) is 6.45. The predicted octanol–water partition coefficient (Wildman–Crippen LogP) is 3.54. The van der Waals surface area contributed by atoms with Gasteiger partial charge in [-0.25, -0.2) is 0 Å². The van der Waals surface area contributed by atoms with E-state index in [1.54, 1.807) is 0 Å². The summed E-state index contributed by atoms with van der Waals surface area (Å²) >= 11 is 0. The molecule has 1 rings (SSSR count). The largest absolute Gasteiger partial charge is 0.393 e. The van der Waals surface area contributed by atoms with Crippen LogP contribution in [-0.4, -0.2) is 35.7 Å². The van der Waals surface area contributed by atoms with Gasteiger partial charge in [-0.1, -0.05) is 27.7 Å². The van der Waals surface area contributed by atoms with Crippen LogP contribution >= 0.6 is 0 Å². The monoisotopic (exact) mass is 255 g/mol. The van der Waals surface area contributed by atoms with Crippen LogP contribution in [0.2, 0.25) is 0 Å². The Hall–Kier alpha value is -0.0800. The summed E-state index contributed by atoms with van der Waals surface area (Å²) in [7, 11) is 0. The Balaban J connectivity index is 2.50. The molecule has 0 radical (unpaired) electrons. The highest BCUT2D eigenvalue weighted by Crippen LogP contribution is 2.34. The molecule has 0 heterocycles. The minimum absolute atomic E-state index is 0.0591. The van der Waals surface area contributed by atoms with Crippen LogP contribution in [0.25, 0.3) is 0 Å². The number of hydrogen-bond donors (Lipinski definition) is 1. The average Bonchev–Trinajstić information content (AvgIpc) is 2.32. The summed E-state index contributed by atoms with van der Waals surface area (Å²) in [6.07, 6.45) is 5.84. The topological polar surface area (TPSA) is 23.5 Å². The maximum absolute atomic E-state index is 10.2. The Morgan fingerprint density at radius 2 is 1.72 bits per heavy atom. The molecule has 3 unspecified atom stereocenters. The Labute approximate surface area is 114 Å². The molecule has 0 aromatic carbocycles. The highest BCUT2D eigenvalue weighted by molar-refractivity contribution is 4.83. The van der Waals surface area contributed by atoms with Crippen LogP contribution in [0.15, 0.2) is 0 Å². The third-order valence-corrected chi connectivity index (χ3v) is 4.50. The summed E-state index contributed by atoms with van der Waals surface area (Å²) in [5, 5.41) is 10.2. The molecule has 1 aliphatic rings. The van der Waals surface area contributed by atoms with E-state index in [-0.39, 0.29) is 6.10 Å². The SMILES string of the molecule is CCCN(CCC)CC1CC(C(C)C)CCC1O. The van der Waals surface area contributed by atoms with Gasteiger partial charge in [-0.2, -0.15) is 0 Å². The molecule has 0 aromatic rings. The number of aliphatic hydroxyl groups is 1. The first-order valence-electron chi connectivity index (χ1n) is 7.98. The minimum Gasteiger partial charge on any atom is -0.393 e. The molecule has 1 N–H and O–H groups in total. The lowest BCUT2D eigenvalue weighted by Gasteiger charge is -2.38. The molecule has 1 aliphatic carbocycles. The number of aliphatic hydroxyl groups excluding tert-OH is 1. The molecular weight excluding hydrogens is 222 g/mol. The molecule has 0 aliphatic heterocycles. The quantitative estimate of drug-likeness (QED) is 0.752. The first kappa shape index (κ1) is 16.0. The molecule has 0 aromatic heterocycles. The second-order valence-electron chi connectivity index (χ2n) is 6.45. The van der Waals surface area contributed by atoms with Crippen molar-refractivity contribution in [2.45, 2.75) is 65.9 Å². The Bertz CT molecular complexity index is 211. The average molecular weight is 255 g/mol. The highest BCUT2D eigenvalue weighted by atomic mass is 16.3. The van der Waals surface area contributed by atoms with Gasteiger partial charge in [0.15, 0.2) is 0 Å². The van der Waals surface area contributed by atoms with Crippen molar-refractivity contribution in [3.63, 3.8) is 0 Å². The maximum Gasteiger partial charge on any atom is 0.0580 e. The van der Waals surface area contributed by atoms with Gasteiger partial charge < -0.3 is 10.0 Å². The van der Waals surface area contributed by atoms with Crippen LogP contribution in [0, 0.1) is 17.8 Å². The van der Waals surface area contributed by atoms with Gasteiger partial charge >= 0.3 is 0 Å². The van der Waals surface area contributed by atoms with E-state index in [2.05, 4.69) is 32.6 Å². The van der Waals surface area contributed by atoms with Crippen LogP contribution in [0.1, 0.15) is 59.8 Å². The van der Waals surface area contributed by atoms with E-state index in [9.17, 15) is 5.11 Å². The summed E-state index contributed by atoms with van der Waals surface area (Å²) in [5.41, 5.74) is 0. The van der Waals surface area contributed by atoms with Crippen LogP contribution in [0.3, 0.4) is 0 Å². The molecule has 0 amide bonds. The maximum atomic E-state index is 10.2. The van der Waals surface area contributed by atoms with E-state index < -0.39 is 0 Å². The zero-order valence-electron chi connectivity index (χ0n) is 12.9. The van der Waals surface area contributed by atoms with Gasteiger partial charge in [0.05, 0.1) is 6.10 Å². The minimum atomic E-state index is -0.0591. The Morgan fingerprint density at radius 3 is 2.22 bits per heavy atom. The molecule has 0 bridgehead atoms. The Kier molecular flexibility index (Phi) is 7.25. The van der Waals surface area contributed by atoms with Crippen molar-refractivity contribution < 1.29 is 5.11 Å². The lowest BCUT2D eigenvalue weighted by molar-refractivity contribution is 0.0185. The summed E-state index contributed by atoms with van der Waals surface area (Å²) in [6, 6.07) is 0. The first-order chi connectivity index (χ1) is 8.58. The Morgan fingerprint density at radius 1 is 1.11 bits per heavy atom. The molecule has 18 heavy (non-hydrogen) atoms. The van der Waals surface area contributed by atoms with E-state index in [0.717, 1.165) is 24.8 Å². The standard InChI is InChI=1S/C16H33NO/c1-5-9-17(10-6-2)12-15-11-14(13(3)4)7-8-16(15)18/h13-16,18H,5-12H2,1-4H3. The van der Waals surface area contributed by atoms with Crippen molar-refractivity contribution in [2.24, 2.45) is 17.8 Å². The molecule has 1 saturated carbocycles. The van der Waals surface area contributed by atoms with Gasteiger partial charge in [0.25, 0.3) is 0 Å². The predicted molar refractivity (Wildman–Crippen MR) is 78.7 cm³/mol. The fourth-order valence-corrected chi connectivity index (χ4v) is 3.34. The molecule has 3 atom stereocenters. The van der Waals surface area contributed by atoms with Gasteiger partial charge in [0.1, 0.15) is 0 Å². The molecule has 1 fully saturated rings. The zero-order chi connectivity index (χ0) is 13.5. The van der Waals surface area contributed by atoms with Gasteiger partial charge in [-0.3, -0.25) is 0 Å². The molecule has 2 nitrogen and oxygen atoms in total. The van der Waals surface area contributed by atoms with Crippen molar-refractivity contribution in [1.82, 2.24) is 4.90 Å². The van der Waals surface area contributed by atoms with Crippen molar-refractivity contribution in [2.75, 3.05) is 19.6 Å². The van der Waals surface area contributed by atoms with Crippen LogP contribution < -0.4 is 0 Å². The van der Waals surface area contributed by atoms with Gasteiger partial charge in [-0.05, 0) is 62.9 Å². The summed E-state index contributed by atoms with van der Waals surface area (Å²) in [6.45, 7) is 12.6. The lowest BCUT2D eigenvalue weighted by atomic mass is 9.74. The van der Waals surface area contributed by atoms with Crippen molar-refractivity contribution in [1.29, 1.82) is 0 Å². The lowest BCUT2D eigenvalue weighted by Crippen LogP contribution is -2.40. The fraction of sp³-hybridized carbons (Fsp3) is 1.00. The third-order valence-electron chi connectivity index (χ3n) is 4.50.